The van der Waals surface area contributed by atoms with Crippen LogP contribution in [-0.2, 0) is 16.0 Å². The second-order valence-corrected chi connectivity index (χ2v) is 10.8. The monoisotopic (exact) mass is 501 g/mol. The summed E-state index contributed by atoms with van der Waals surface area (Å²) in [5.41, 5.74) is 7.69. The van der Waals surface area contributed by atoms with Crippen molar-refractivity contribution in [2.24, 2.45) is 0 Å². The van der Waals surface area contributed by atoms with Crippen molar-refractivity contribution < 1.29 is 9.53 Å². The molecule has 1 fully saturated rings. The molecule has 0 saturated carbocycles. The smallest absolute Gasteiger partial charge is 0.219 e. The quantitative estimate of drug-likeness (QED) is 0.451. The Bertz CT molecular complexity index is 1180. The summed E-state index contributed by atoms with van der Waals surface area (Å²) in [6.45, 7) is 9.51. The number of nitrogens with one attached hydrogen (secondary N) is 2. The van der Waals surface area contributed by atoms with E-state index in [4.69, 9.17) is 9.72 Å². The Balaban J connectivity index is 1.42. The molecule has 1 aromatic carbocycles. The molecule has 2 N–H and O–H groups in total. The Morgan fingerprint density at radius 1 is 1.14 bits per heavy atom. The van der Waals surface area contributed by atoms with Crippen molar-refractivity contribution in [1.29, 1.82) is 5.41 Å². The summed E-state index contributed by atoms with van der Waals surface area (Å²) < 4.78 is 5.54. The highest BCUT2D eigenvalue weighted by Gasteiger charge is 2.30. The topological polar surface area (TPSA) is 81.6 Å². The Kier molecular flexibility index (Phi) is 7.60. The molecule has 0 aliphatic carbocycles. The van der Waals surface area contributed by atoms with Gasteiger partial charge in [0.05, 0.1) is 24.1 Å². The molecular weight excluding hydrogens is 462 g/mol. The molecule has 0 spiro atoms. The number of carbonyl (C=O) groups excluding carboxylic acids is 1. The zero-order valence-corrected chi connectivity index (χ0v) is 22.3. The number of pyridine rings is 1. The number of benzene rings is 1. The number of rotatable bonds is 5. The van der Waals surface area contributed by atoms with E-state index in [1.165, 1.54) is 11.1 Å². The minimum absolute atomic E-state index is 0.0595. The highest BCUT2D eigenvalue weighted by atomic mass is 16.5. The lowest BCUT2D eigenvalue weighted by atomic mass is 9.96. The van der Waals surface area contributed by atoms with Gasteiger partial charge in [0.2, 0.25) is 5.91 Å². The lowest BCUT2D eigenvalue weighted by Gasteiger charge is -2.38. The zero-order valence-electron chi connectivity index (χ0n) is 22.3. The Hall–Kier alpha value is -3.19. The van der Waals surface area contributed by atoms with E-state index in [2.05, 4.69) is 54.4 Å². The molecule has 3 aliphatic rings. The maximum Gasteiger partial charge on any atom is 0.219 e. The van der Waals surface area contributed by atoms with Crippen LogP contribution in [0.3, 0.4) is 0 Å². The van der Waals surface area contributed by atoms with Gasteiger partial charge in [-0.05, 0) is 48.8 Å². The average Bonchev–Trinajstić information content (AvgIpc) is 2.92. The van der Waals surface area contributed by atoms with Gasteiger partial charge in [-0.3, -0.25) is 15.2 Å². The van der Waals surface area contributed by atoms with E-state index in [0.717, 1.165) is 80.1 Å². The SMILES string of the molecule is CC(=O)N1CCC(NC2CCOCC2)=C(C(=N)N2CCCc3cc(-c4ccc(C(C)C)cc4)ncc32)C1. The fraction of sp³-hybridized carbons (Fsp3) is 0.500. The first-order valence-electron chi connectivity index (χ1n) is 13.7. The number of nitrogens with zero attached hydrogens (tertiary/aromatic N) is 3. The first-order valence-corrected chi connectivity index (χ1v) is 13.7. The van der Waals surface area contributed by atoms with Gasteiger partial charge in [0, 0.05) is 62.5 Å². The van der Waals surface area contributed by atoms with Crippen LogP contribution < -0.4 is 10.2 Å². The summed E-state index contributed by atoms with van der Waals surface area (Å²) in [5.74, 6) is 1.05. The number of hydrogen-bond acceptors (Lipinski definition) is 5. The minimum Gasteiger partial charge on any atom is -0.385 e. The molecule has 196 valence electrons. The first-order chi connectivity index (χ1) is 17.9. The molecule has 2 aromatic rings. The number of aromatic nitrogens is 1. The van der Waals surface area contributed by atoms with E-state index in [9.17, 15) is 10.2 Å². The van der Waals surface area contributed by atoms with Crippen molar-refractivity contribution in [3.63, 3.8) is 0 Å². The molecule has 3 aliphatic heterocycles. The van der Waals surface area contributed by atoms with Crippen molar-refractivity contribution >= 4 is 17.4 Å². The second kappa shape index (κ2) is 11.1. The Morgan fingerprint density at radius 3 is 2.59 bits per heavy atom. The summed E-state index contributed by atoms with van der Waals surface area (Å²) in [5, 5.41) is 13.0. The minimum atomic E-state index is 0.0595. The molecule has 1 aromatic heterocycles. The molecule has 7 nitrogen and oxygen atoms in total. The van der Waals surface area contributed by atoms with Gasteiger partial charge in [0.1, 0.15) is 5.84 Å². The summed E-state index contributed by atoms with van der Waals surface area (Å²) in [4.78, 5) is 21.0. The van der Waals surface area contributed by atoms with Gasteiger partial charge in [0.25, 0.3) is 0 Å². The number of ether oxygens (including phenoxy) is 1. The summed E-state index contributed by atoms with van der Waals surface area (Å²) in [6, 6.07) is 11.2. The van der Waals surface area contributed by atoms with Crippen LogP contribution in [0.25, 0.3) is 11.3 Å². The molecule has 0 atom stereocenters. The van der Waals surface area contributed by atoms with Crippen LogP contribution in [-0.4, -0.2) is 60.5 Å². The number of amides is 1. The van der Waals surface area contributed by atoms with E-state index in [-0.39, 0.29) is 5.91 Å². The summed E-state index contributed by atoms with van der Waals surface area (Å²) in [7, 11) is 0. The van der Waals surface area contributed by atoms with Crippen LogP contribution in [0.5, 0.6) is 0 Å². The van der Waals surface area contributed by atoms with Crippen LogP contribution in [0, 0.1) is 5.41 Å². The van der Waals surface area contributed by atoms with E-state index in [1.807, 2.05) is 11.1 Å². The van der Waals surface area contributed by atoms with Gasteiger partial charge >= 0.3 is 0 Å². The number of fused-ring (bicyclic) bond motifs is 1. The maximum absolute atomic E-state index is 12.2. The number of anilines is 1. The number of amidine groups is 1. The predicted octanol–water partition coefficient (Wildman–Crippen LogP) is 4.88. The van der Waals surface area contributed by atoms with Crippen LogP contribution in [0.2, 0.25) is 0 Å². The molecule has 5 rings (SSSR count). The van der Waals surface area contributed by atoms with E-state index >= 15 is 0 Å². The Morgan fingerprint density at radius 2 is 1.89 bits per heavy atom. The van der Waals surface area contributed by atoms with Crippen molar-refractivity contribution in [2.75, 3.05) is 37.7 Å². The molecule has 0 radical (unpaired) electrons. The van der Waals surface area contributed by atoms with Crippen molar-refractivity contribution in [1.82, 2.24) is 15.2 Å². The van der Waals surface area contributed by atoms with Crippen molar-refractivity contribution in [3.8, 4) is 11.3 Å². The van der Waals surface area contributed by atoms with Crippen LogP contribution in [0.15, 0.2) is 47.8 Å². The third kappa shape index (κ3) is 5.57. The van der Waals surface area contributed by atoms with E-state index in [1.54, 1.807) is 6.92 Å². The summed E-state index contributed by atoms with van der Waals surface area (Å²) in [6.07, 6.45) is 6.59. The first kappa shape index (κ1) is 25.5. The lowest BCUT2D eigenvalue weighted by molar-refractivity contribution is -0.128. The van der Waals surface area contributed by atoms with Gasteiger partial charge in [0.15, 0.2) is 0 Å². The number of hydrogen-bond donors (Lipinski definition) is 2. The Labute approximate surface area is 220 Å². The highest BCUT2D eigenvalue weighted by Crippen LogP contribution is 2.33. The average molecular weight is 502 g/mol. The highest BCUT2D eigenvalue weighted by molar-refractivity contribution is 6.09. The summed E-state index contributed by atoms with van der Waals surface area (Å²) >= 11 is 0. The molecule has 37 heavy (non-hydrogen) atoms. The normalized spacial score (nSPS) is 18.7. The second-order valence-electron chi connectivity index (χ2n) is 10.8. The molecule has 1 amide bonds. The maximum atomic E-state index is 12.2. The van der Waals surface area contributed by atoms with Gasteiger partial charge in [-0.1, -0.05) is 38.1 Å². The predicted molar refractivity (Wildman–Crippen MR) is 148 cm³/mol. The van der Waals surface area contributed by atoms with Crippen LogP contribution >= 0.6 is 0 Å². The molecule has 0 bridgehead atoms. The van der Waals surface area contributed by atoms with Crippen molar-refractivity contribution in [2.45, 2.75) is 64.8 Å². The molecule has 4 heterocycles. The van der Waals surface area contributed by atoms with Gasteiger partial charge < -0.3 is 19.9 Å². The van der Waals surface area contributed by atoms with Gasteiger partial charge in [-0.25, -0.2) is 0 Å². The third-order valence-corrected chi connectivity index (χ3v) is 7.90. The number of carbonyl (C=O) groups is 1. The van der Waals surface area contributed by atoms with E-state index in [0.29, 0.717) is 30.9 Å². The standard InChI is InChI=1S/C30H39N5O2/c1-20(2)22-6-8-23(9-7-22)28-17-24-5-4-13-35(29(24)18-32-28)30(31)26-19-34(21(3)36)14-10-27(26)33-25-11-15-37-16-12-25/h6-9,17-18,20,25,31,33H,4-5,10-16,19H2,1-3H3. The molecule has 7 heteroatoms. The fourth-order valence-electron chi connectivity index (χ4n) is 5.57. The largest absolute Gasteiger partial charge is 0.385 e. The molecule has 1 saturated heterocycles. The van der Waals surface area contributed by atoms with Crippen LogP contribution in [0.4, 0.5) is 5.69 Å². The van der Waals surface area contributed by atoms with Crippen LogP contribution in [0.1, 0.15) is 63.5 Å². The van der Waals surface area contributed by atoms with Gasteiger partial charge in [-0.15, -0.1) is 0 Å². The fourth-order valence-corrected chi connectivity index (χ4v) is 5.57. The lowest BCUT2D eigenvalue weighted by Crippen LogP contribution is -2.46. The molecule has 0 unspecified atom stereocenters. The third-order valence-electron chi connectivity index (χ3n) is 7.90. The van der Waals surface area contributed by atoms with E-state index < -0.39 is 0 Å². The zero-order chi connectivity index (χ0) is 25.9. The molecular formula is C30H39N5O2. The number of aryl methyl sites for hydroxylation is 1. The van der Waals surface area contributed by atoms with Gasteiger partial charge in [-0.2, -0.15) is 0 Å². The van der Waals surface area contributed by atoms with Crippen molar-refractivity contribution in [3.05, 3.63) is 58.9 Å².